The van der Waals surface area contributed by atoms with Crippen molar-refractivity contribution >= 4 is 38.4 Å². The lowest BCUT2D eigenvalue weighted by Gasteiger charge is -2.17. The van der Waals surface area contributed by atoms with E-state index in [1.165, 1.54) is 18.4 Å². The van der Waals surface area contributed by atoms with Crippen molar-refractivity contribution < 1.29 is 8.42 Å². The fourth-order valence-corrected chi connectivity index (χ4v) is 4.97. The van der Waals surface area contributed by atoms with Crippen molar-refractivity contribution in [1.82, 2.24) is 0 Å². The molecule has 0 amide bonds. The van der Waals surface area contributed by atoms with Gasteiger partial charge in [-0.3, -0.25) is 0 Å². The molecule has 0 saturated heterocycles. The van der Waals surface area contributed by atoms with Crippen LogP contribution in [0.3, 0.4) is 0 Å². The molecule has 3 nitrogen and oxygen atoms in total. The Bertz CT molecular complexity index is 568. The predicted molar refractivity (Wildman–Crippen MR) is 76.5 cm³/mol. The standard InChI is InChI=1S/C12H14INO2S/c13-14-5-2-1-3-9-7-10-4-6-17(15,16)12(10)8-11(9)14/h7-8H,1-6H2. The van der Waals surface area contributed by atoms with E-state index in [1.807, 2.05) is 6.07 Å². The van der Waals surface area contributed by atoms with Crippen LogP contribution in [0.5, 0.6) is 0 Å². The summed E-state index contributed by atoms with van der Waals surface area (Å²) in [6.45, 7) is 1.01. The number of rotatable bonds is 0. The van der Waals surface area contributed by atoms with E-state index in [4.69, 9.17) is 0 Å². The van der Waals surface area contributed by atoms with E-state index in [1.54, 1.807) is 0 Å². The average Bonchev–Trinajstić information content (AvgIpc) is 2.47. The number of sulfone groups is 1. The van der Waals surface area contributed by atoms with Crippen LogP contribution in [0.15, 0.2) is 17.0 Å². The van der Waals surface area contributed by atoms with Crippen LogP contribution in [0.2, 0.25) is 0 Å². The molecule has 0 unspecified atom stereocenters. The molecule has 2 aliphatic heterocycles. The Labute approximate surface area is 116 Å². The number of hydrogen-bond acceptors (Lipinski definition) is 3. The van der Waals surface area contributed by atoms with Gasteiger partial charge in [0.15, 0.2) is 9.84 Å². The molecule has 5 heteroatoms. The van der Waals surface area contributed by atoms with Crippen molar-refractivity contribution in [2.45, 2.75) is 30.6 Å². The summed E-state index contributed by atoms with van der Waals surface area (Å²) >= 11 is 2.29. The molecule has 2 heterocycles. The zero-order chi connectivity index (χ0) is 12.0. The van der Waals surface area contributed by atoms with Crippen molar-refractivity contribution in [3.8, 4) is 0 Å². The van der Waals surface area contributed by atoms with Crippen LogP contribution < -0.4 is 3.11 Å². The van der Waals surface area contributed by atoms with E-state index >= 15 is 0 Å². The van der Waals surface area contributed by atoms with Gasteiger partial charge >= 0.3 is 0 Å². The van der Waals surface area contributed by atoms with Gasteiger partial charge in [-0.1, -0.05) is 6.07 Å². The summed E-state index contributed by atoms with van der Waals surface area (Å²) in [7, 11) is -3.00. The van der Waals surface area contributed by atoms with Crippen LogP contribution in [-0.4, -0.2) is 20.7 Å². The van der Waals surface area contributed by atoms with Gasteiger partial charge in [0.05, 0.1) is 39.2 Å². The zero-order valence-electron chi connectivity index (χ0n) is 9.45. The number of halogens is 1. The van der Waals surface area contributed by atoms with Gasteiger partial charge in [0, 0.05) is 6.54 Å². The van der Waals surface area contributed by atoms with Crippen LogP contribution >= 0.6 is 22.9 Å². The molecule has 0 bridgehead atoms. The molecule has 2 aliphatic rings. The highest BCUT2D eigenvalue weighted by Crippen LogP contribution is 2.36. The predicted octanol–water partition coefficient (Wildman–Crippen LogP) is 2.51. The number of hydrogen-bond donors (Lipinski definition) is 0. The normalized spacial score (nSPS) is 21.8. The molecule has 0 aromatic heterocycles. The maximum absolute atomic E-state index is 11.9. The largest absolute Gasteiger partial charge is 0.314 e. The third kappa shape index (κ3) is 1.97. The molecule has 92 valence electrons. The van der Waals surface area contributed by atoms with Crippen LogP contribution in [-0.2, 0) is 22.7 Å². The maximum atomic E-state index is 11.9. The second kappa shape index (κ2) is 4.12. The van der Waals surface area contributed by atoms with Crippen molar-refractivity contribution in [2.24, 2.45) is 0 Å². The van der Waals surface area contributed by atoms with E-state index in [0.29, 0.717) is 11.3 Å². The summed E-state index contributed by atoms with van der Waals surface area (Å²) in [4.78, 5) is 0.569. The second-order valence-corrected chi connectivity index (χ2v) is 7.94. The molecule has 1 aromatic rings. The third-order valence-electron chi connectivity index (χ3n) is 3.55. The molecule has 17 heavy (non-hydrogen) atoms. The highest BCUT2D eigenvalue weighted by molar-refractivity contribution is 14.1. The van der Waals surface area contributed by atoms with E-state index in [-0.39, 0.29) is 5.75 Å². The van der Waals surface area contributed by atoms with Crippen molar-refractivity contribution in [3.63, 3.8) is 0 Å². The summed E-state index contributed by atoms with van der Waals surface area (Å²) in [5, 5.41) is 0. The molecule has 0 radical (unpaired) electrons. The molecule has 0 saturated carbocycles. The minimum absolute atomic E-state index is 0.284. The van der Waals surface area contributed by atoms with Crippen molar-refractivity contribution in [3.05, 3.63) is 23.3 Å². The van der Waals surface area contributed by atoms with Gasteiger partial charge in [0.1, 0.15) is 0 Å². The van der Waals surface area contributed by atoms with Gasteiger partial charge in [-0.2, -0.15) is 0 Å². The second-order valence-electron chi connectivity index (χ2n) is 4.70. The molecule has 0 spiro atoms. The summed E-state index contributed by atoms with van der Waals surface area (Å²) in [5.41, 5.74) is 3.44. The smallest absolute Gasteiger partial charge is 0.179 e. The summed E-state index contributed by atoms with van der Waals surface area (Å²) in [6.07, 6.45) is 4.13. The molecule has 0 aliphatic carbocycles. The fraction of sp³-hybridized carbons (Fsp3) is 0.500. The van der Waals surface area contributed by atoms with Gasteiger partial charge in [-0.15, -0.1) is 0 Å². The van der Waals surface area contributed by atoms with Gasteiger partial charge in [-0.05, 0) is 42.9 Å². The van der Waals surface area contributed by atoms with Crippen molar-refractivity contribution in [1.29, 1.82) is 0 Å². The summed E-state index contributed by atoms with van der Waals surface area (Å²) in [5.74, 6) is 0.284. The van der Waals surface area contributed by atoms with Crippen LogP contribution in [0.1, 0.15) is 24.0 Å². The quantitative estimate of drug-likeness (QED) is 0.525. The topological polar surface area (TPSA) is 37.4 Å². The lowest BCUT2D eigenvalue weighted by molar-refractivity contribution is 0.600. The van der Waals surface area contributed by atoms with Crippen LogP contribution in [0.4, 0.5) is 5.69 Å². The third-order valence-corrected chi connectivity index (χ3v) is 6.34. The molecular formula is C12H14INO2S. The Hall–Kier alpha value is -0.300. The van der Waals surface area contributed by atoms with E-state index in [2.05, 4.69) is 32.0 Å². The Morgan fingerprint density at radius 3 is 2.76 bits per heavy atom. The molecule has 0 atom stereocenters. The molecular weight excluding hydrogens is 349 g/mol. The molecule has 0 fully saturated rings. The van der Waals surface area contributed by atoms with Gasteiger partial charge in [-0.25, -0.2) is 8.42 Å². The SMILES string of the molecule is O=S1(=O)CCc2cc3c(cc21)N(I)CCCC3. The zero-order valence-corrected chi connectivity index (χ0v) is 12.4. The van der Waals surface area contributed by atoms with Gasteiger partial charge in [0.25, 0.3) is 0 Å². The highest BCUT2D eigenvalue weighted by Gasteiger charge is 2.28. The minimum atomic E-state index is -3.00. The van der Waals surface area contributed by atoms with E-state index in [0.717, 1.165) is 24.2 Å². The van der Waals surface area contributed by atoms with Crippen LogP contribution in [0, 0.1) is 0 Å². The molecule has 3 rings (SSSR count). The first-order valence-corrected chi connectivity index (χ1v) is 8.51. The summed E-state index contributed by atoms with van der Waals surface area (Å²) < 4.78 is 26.0. The first-order valence-electron chi connectivity index (χ1n) is 5.90. The number of nitrogens with zero attached hydrogens (tertiary/aromatic N) is 1. The molecule has 0 N–H and O–H groups in total. The first kappa shape index (κ1) is 11.8. The number of benzene rings is 1. The van der Waals surface area contributed by atoms with Crippen LogP contribution in [0.25, 0.3) is 0 Å². The Morgan fingerprint density at radius 2 is 1.94 bits per heavy atom. The number of fused-ring (bicyclic) bond motifs is 2. The van der Waals surface area contributed by atoms with Crippen molar-refractivity contribution in [2.75, 3.05) is 15.4 Å². The molecule has 1 aromatic carbocycles. The average molecular weight is 363 g/mol. The Balaban J connectivity index is 2.19. The number of anilines is 1. The lowest BCUT2D eigenvalue weighted by atomic mass is 10.0. The van der Waals surface area contributed by atoms with Gasteiger partial charge < -0.3 is 3.11 Å². The Kier molecular flexibility index (Phi) is 2.85. The van der Waals surface area contributed by atoms with Gasteiger partial charge in [0.2, 0.25) is 0 Å². The van der Waals surface area contributed by atoms with E-state index in [9.17, 15) is 8.42 Å². The Morgan fingerprint density at radius 1 is 1.12 bits per heavy atom. The van der Waals surface area contributed by atoms with E-state index < -0.39 is 9.84 Å². The summed E-state index contributed by atoms with van der Waals surface area (Å²) in [6, 6.07) is 4.01. The highest BCUT2D eigenvalue weighted by atomic mass is 127. The minimum Gasteiger partial charge on any atom is -0.314 e. The maximum Gasteiger partial charge on any atom is 0.179 e. The number of aryl methyl sites for hydroxylation is 2. The monoisotopic (exact) mass is 363 g/mol. The first-order chi connectivity index (χ1) is 8.08. The lowest BCUT2D eigenvalue weighted by Crippen LogP contribution is -2.10. The fourth-order valence-electron chi connectivity index (χ4n) is 2.62.